The normalized spacial score (nSPS) is 23.9. The summed E-state index contributed by atoms with van der Waals surface area (Å²) in [6, 6.07) is 9.72. The number of ketones is 1. The van der Waals surface area contributed by atoms with Crippen molar-refractivity contribution in [1.82, 2.24) is 14.7 Å². The Bertz CT molecular complexity index is 875. The second-order valence-corrected chi connectivity index (χ2v) is 8.31. The first-order chi connectivity index (χ1) is 13.4. The number of rotatable bonds is 4. The van der Waals surface area contributed by atoms with Gasteiger partial charge in [0.2, 0.25) is 0 Å². The van der Waals surface area contributed by atoms with Crippen LogP contribution in [0.1, 0.15) is 55.6 Å². The summed E-state index contributed by atoms with van der Waals surface area (Å²) in [5.41, 5.74) is 1.57. The Morgan fingerprint density at radius 1 is 1.11 bits per heavy atom. The third-order valence-electron chi connectivity index (χ3n) is 5.96. The van der Waals surface area contributed by atoms with Gasteiger partial charge in [-0.05, 0) is 48.3 Å². The fraction of sp³-hybridized carbons (Fsp3) is 0.500. The van der Waals surface area contributed by atoms with Gasteiger partial charge < -0.3 is 9.64 Å². The van der Waals surface area contributed by atoms with Crippen molar-refractivity contribution in [2.75, 3.05) is 13.1 Å². The zero-order valence-electron chi connectivity index (χ0n) is 16.7. The Morgan fingerprint density at radius 2 is 1.79 bits per heavy atom. The summed E-state index contributed by atoms with van der Waals surface area (Å²) in [7, 11) is 0. The fourth-order valence-electron chi connectivity index (χ4n) is 4.50. The highest BCUT2D eigenvalue weighted by atomic mass is 16.5. The van der Waals surface area contributed by atoms with Gasteiger partial charge >= 0.3 is 6.03 Å². The quantitative estimate of drug-likeness (QED) is 0.752. The molecule has 1 amide bonds. The van der Waals surface area contributed by atoms with E-state index in [2.05, 4.69) is 37.1 Å². The highest BCUT2D eigenvalue weighted by Crippen LogP contribution is 2.40. The van der Waals surface area contributed by atoms with Crippen LogP contribution in [0.25, 0.3) is 0 Å². The molecule has 6 heteroatoms. The van der Waals surface area contributed by atoms with Gasteiger partial charge in [0.25, 0.3) is 0 Å². The second kappa shape index (κ2) is 7.41. The average Bonchev–Trinajstić information content (AvgIpc) is 3.36. The summed E-state index contributed by atoms with van der Waals surface area (Å²) >= 11 is 0. The van der Waals surface area contributed by atoms with Gasteiger partial charge in [0.05, 0.1) is 6.10 Å². The molecule has 1 aromatic heterocycles. The second-order valence-electron chi connectivity index (χ2n) is 8.31. The van der Waals surface area contributed by atoms with Crippen molar-refractivity contribution in [3.8, 4) is 5.75 Å². The minimum Gasteiger partial charge on any atom is -0.490 e. The van der Waals surface area contributed by atoms with Gasteiger partial charge in [0.15, 0.2) is 5.78 Å². The Hall–Kier alpha value is -2.63. The summed E-state index contributed by atoms with van der Waals surface area (Å²) in [5, 5.41) is 4.10. The lowest BCUT2D eigenvalue weighted by Crippen LogP contribution is -2.34. The minimum atomic E-state index is -0.149. The lowest BCUT2D eigenvalue weighted by Gasteiger charge is -2.21. The molecule has 2 fully saturated rings. The van der Waals surface area contributed by atoms with Crippen molar-refractivity contribution in [3.63, 3.8) is 0 Å². The topological polar surface area (TPSA) is 64.4 Å². The summed E-state index contributed by atoms with van der Waals surface area (Å²) in [5.74, 6) is 2.21. The zero-order valence-corrected chi connectivity index (χ0v) is 16.7. The summed E-state index contributed by atoms with van der Waals surface area (Å²) < 4.78 is 7.64. The average molecular weight is 381 g/mol. The van der Waals surface area contributed by atoms with Crippen LogP contribution in [0.2, 0.25) is 0 Å². The molecule has 1 aliphatic heterocycles. The van der Waals surface area contributed by atoms with Crippen molar-refractivity contribution in [2.45, 2.75) is 45.6 Å². The van der Waals surface area contributed by atoms with E-state index >= 15 is 0 Å². The number of ether oxygens (including phenoxy) is 1. The molecule has 2 aliphatic rings. The molecule has 3 atom stereocenters. The number of hydrogen-bond donors (Lipinski definition) is 0. The molecule has 1 aliphatic carbocycles. The van der Waals surface area contributed by atoms with E-state index in [1.165, 1.54) is 17.2 Å². The molecule has 148 valence electrons. The van der Waals surface area contributed by atoms with Crippen molar-refractivity contribution < 1.29 is 14.3 Å². The highest BCUT2D eigenvalue weighted by Gasteiger charge is 2.43. The molecule has 0 bridgehead atoms. The van der Waals surface area contributed by atoms with Crippen LogP contribution >= 0.6 is 0 Å². The standard InChI is InChI=1S/C22H27N3O3/c1-14(2)19-6-4-5-7-21(19)28-18-10-16-12-24(13-17(16)11-18)22(27)25-9-8-20(23-25)15(3)26/h4-9,14,16-18H,10-13H2,1-3H3/t16-,17+,18+. The smallest absolute Gasteiger partial charge is 0.344 e. The predicted molar refractivity (Wildman–Crippen MR) is 106 cm³/mol. The van der Waals surface area contributed by atoms with E-state index in [4.69, 9.17) is 4.74 Å². The minimum absolute atomic E-state index is 0.133. The number of aromatic nitrogens is 2. The Labute approximate surface area is 165 Å². The van der Waals surface area contributed by atoms with Gasteiger partial charge in [-0.1, -0.05) is 32.0 Å². The number of Topliss-reactive ketones (excluding diaryl/α,β-unsaturated/α-hetero) is 1. The highest BCUT2D eigenvalue weighted by molar-refractivity contribution is 5.92. The van der Waals surface area contributed by atoms with Gasteiger partial charge in [-0.25, -0.2) is 4.79 Å². The predicted octanol–water partition coefficient (Wildman–Crippen LogP) is 3.97. The summed E-state index contributed by atoms with van der Waals surface area (Å²) in [6.45, 7) is 7.27. The lowest BCUT2D eigenvalue weighted by molar-refractivity contribution is 0.101. The van der Waals surface area contributed by atoms with Crippen molar-refractivity contribution in [2.24, 2.45) is 11.8 Å². The van der Waals surface area contributed by atoms with Crippen LogP contribution in [0.4, 0.5) is 4.79 Å². The third kappa shape index (κ3) is 3.55. The Kier molecular flexibility index (Phi) is 4.96. The molecule has 1 saturated heterocycles. The van der Waals surface area contributed by atoms with Gasteiger partial charge in [-0.3, -0.25) is 4.79 Å². The molecule has 6 nitrogen and oxygen atoms in total. The summed E-state index contributed by atoms with van der Waals surface area (Å²) in [6.07, 6.45) is 3.72. The first kappa shape index (κ1) is 18.7. The van der Waals surface area contributed by atoms with Crippen LogP contribution in [0.15, 0.2) is 36.5 Å². The lowest BCUT2D eigenvalue weighted by atomic mass is 10.0. The SMILES string of the molecule is CC(=O)c1ccn(C(=O)N2C[C@H]3C[C@H](Oc4ccccc4C(C)C)C[C@H]3C2)n1. The molecule has 0 N–H and O–H groups in total. The molecule has 0 spiro atoms. The maximum Gasteiger partial charge on any atom is 0.344 e. The van der Waals surface area contributed by atoms with E-state index in [-0.39, 0.29) is 17.9 Å². The maximum absolute atomic E-state index is 12.7. The molecule has 0 unspecified atom stereocenters. The van der Waals surface area contributed by atoms with Crippen LogP contribution in [0.5, 0.6) is 5.75 Å². The molecule has 2 heterocycles. The number of nitrogens with zero attached hydrogens (tertiary/aromatic N) is 3. The number of para-hydroxylation sites is 1. The number of carbonyl (C=O) groups excluding carboxylic acids is 2. The largest absolute Gasteiger partial charge is 0.490 e. The van der Waals surface area contributed by atoms with Crippen molar-refractivity contribution >= 4 is 11.8 Å². The monoisotopic (exact) mass is 381 g/mol. The van der Waals surface area contributed by atoms with Crippen LogP contribution < -0.4 is 4.74 Å². The molecule has 1 aromatic carbocycles. The van der Waals surface area contributed by atoms with E-state index in [0.717, 1.165) is 31.7 Å². The van der Waals surface area contributed by atoms with Crippen molar-refractivity contribution in [3.05, 3.63) is 47.8 Å². The third-order valence-corrected chi connectivity index (χ3v) is 5.96. The number of hydrogen-bond acceptors (Lipinski definition) is 4. The fourth-order valence-corrected chi connectivity index (χ4v) is 4.50. The van der Waals surface area contributed by atoms with Gasteiger partial charge in [0, 0.05) is 26.2 Å². The van der Waals surface area contributed by atoms with Gasteiger partial charge in [0.1, 0.15) is 11.4 Å². The van der Waals surface area contributed by atoms with E-state index < -0.39 is 0 Å². The van der Waals surface area contributed by atoms with E-state index in [9.17, 15) is 9.59 Å². The maximum atomic E-state index is 12.7. The number of fused-ring (bicyclic) bond motifs is 1. The number of likely N-dealkylation sites (tertiary alicyclic amines) is 1. The zero-order chi connectivity index (χ0) is 19.8. The molecular formula is C22H27N3O3. The Morgan fingerprint density at radius 3 is 2.39 bits per heavy atom. The molecule has 2 aromatic rings. The first-order valence-corrected chi connectivity index (χ1v) is 10.0. The molecule has 28 heavy (non-hydrogen) atoms. The van der Waals surface area contributed by atoms with Crippen LogP contribution in [0.3, 0.4) is 0 Å². The van der Waals surface area contributed by atoms with Crippen LogP contribution in [-0.2, 0) is 0 Å². The number of benzene rings is 1. The van der Waals surface area contributed by atoms with Crippen LogP contribution in [0, 0.1) is 11.8 Å². The molecule has 1 saturated carbocycles. The molecular weight excluding hydrogens is 354 g/mol. The van der Waals surface area contributed by atoms with Crippen molar-refractivity contribution in [1.29, 1.82) is 0 Å². The first-order valence-electron chi connectivity index (χ1n) is 10.0. The molecule has 4 rings (SSSR count). The van der Waals surface area contributed by atoms with Crippen LogP contribution in [-0.4, -0.2) is 45.7 Å². The van der Waals surface area contributed by atoms with E-state index in [1.54, 1.807) is 12.3 Å². The summed E-state index contributed by atoms with van der Waals surface area (Å²) in [4.78, 5) is 25.9. The van der Waals surface area contributed by atoms with Gasteiger partial charge in [-0.2, -0.15) is 9.78 Å². The Balaban J connectivity index is 1.37. The number of carbonyl (C=O) groups is 2. The molecule has 0 radical (unpaired) electrons. The van der Waals surface area contributed by atoms with Gasteiger partial charge in [-0.15, -0.1) is 0 Å². The van der Waals surface area contributed by atoms with E-state index in [1.807, 2.05) is 11.0 Å². The number of amides is 1. The van der Waals surface area contributed by atoms with E-state index in [0.29, 0.717) is 23.4 Å².